The van der Waals surface area contributed by atoms with Gasteiger partial charge in [-0.15, -0.1) is 11.8 Å². The van der Waals surface area contributed by atoms with Gasteiger partial charge in [-0.3, -0.25) is 14.4 Å². The van der Waals surface area contributed by atoms with E-state index in [2.05, 4.69) is 15.6 Å². The maximum absolute atomic E-state index is 11.9. The van der Waals surface area contributed by atoms with Gasteiger partial charge in [0.25, 0.3) is 5.56 Å². The molecule has 0 fully saturated rings. The number of hydrogen-bond donors (Lipinski definition) is 3. The molecule has 2 amide bonds. The number of thioether (sulfide) groups is 1. The van der Waals surface area contributed by atoms with Gasteiger partial charge in [0, 0.05) is 28.5 Å². The Hall–Kier alpha value is -2.25. The van der Waals surface area contributed by atoms with Crippen molar-refractivity contribution >= 4 is 40.9 Å². The van der Waals surface area contributed by atoms with Gasteiger partial charge in [-0.25, -0.2) is 0 Å². The number of aromatic nitrogens is 1. The molecular weight excluding hydrogens is 374 g/mol. The maximum Gasteiger partial charge on any atom is 0.253 e. The average Bonchev–Trinajstić information content (AvgIpc) is 2.56. The van der Waals surface area contributed by atoms with Crippen LogP contribution in [0, 0.1) is 13.8 Å². The molecular formula is C18H20ClN3O3S. The predicted octanol–water partition coefficient (Wildman–Crippen LogP) is 2.63. The first-order chi connectivity index (χ1) is 12.3. The number of carbonyl (C=O) groups excluding carboxylic acids is 2. The molecule has 0 saturated carbocycles. The van der Waals surface area contributed by atoms with Crippen molar-refractivity contribution in [2.45, 2.75) is 20.4 Å². The molecule has 0 bridgehead atoms. The average molecular weight is 394 g/mol. The summed E-state index contributed by atoms with van der Waals surface area (Å²) >= 11 is 6.99. The summed E-state index contributed by atoms with van der Waals surface area (Å²) in [4.78, 5) is 38.3. The van der Waals surface area contributed by atoms with Crippen LogP contribution in [0.5, 0.6) is 0 Å². The van der Waals surface area contributed by atoms with Gasteiger partial charge in [-0.05, 0) is 49.7 Å². The van der Waals surface area contributed by atoms with Gasteiger partial charge in [0.1, 0.15) is 0 Å². The Morgan fingerprint density at radius 1 is 1.12 bits per heavy atom. The Bertz CT molecular complexity index is 850. The minimum Gasteiger partial charge on any atom is -0.351 e. The van der Waals surface area contributed by atoms with Crippen LogP contribution in [0.1, 0.15) is 16.8 Å². The van der Waals surface area contributed by atoms with E-state index in [0.29, 0.717) is 16.3 Å². The molecule has 0 radical (unpaired) electrons. The van der Waals surface area contributed by atoms with Crippen LogP contribution in [0.4, 0.5) is 5.69 Å². The van der Waals surface area contributed by atoms with E-state index in [9.17, 15) is 14.4 Å². The third-order valence-corrected chi connectivity index (χ3v) is 4.74. The van der Waals surface area contributed by atoms with E-state index < -0.39 is 0 Å². The fourth-order valence-corrected chi connectivity index (χ4v) is 3.08. The first-order valence-corrected chi connectivity index (χ1v) is 9.47. The van der Waals surface area contributed by atoms with Crippen LogP contribution in [0.2, 0.25) is 5.02 Å². The van der Waals surface area contributed by atoms with Crippen molar-refractivity contribution in [2.75, 3.05) is 16.8 Å². The highest BCUT2D eigenvalue weighted by Gasteiger charge is 2.09. The van der Waals surface area contributed by atoms with E-state index in [1.807, 2.05) is 19.9 Å². The number of aromatic amines is 1. The van der Waals surface area contributed by atoms with E-state index in [0.717, 1.165) is 11.3 Å². The Morgan fingerprint density at radius 2 is 1.77 bits per heavy atom. The molecule has 8 heteroatoms. The van der Waals surface area contributed by atoms with Crippen molar-refractivity contribution in [1.82, 2.24) is 10.3 Å². The number of aryl methyl sites for hydroxylation is 2. The largest absolute Gasteiger partial charge is 0.351 e. The fourth-order valence-electron chi connectivity index (χ4n) is 2.31. The molecule has 0 unspecified atom stereocenters. The highest BCUT2D eigenvalue weighted by atomic mass is 35.5. The third-order valence-electron chi connectivity index (χ3n) is 3.55. The lowest BCUT2D eigenvalue weighted by Gasteiger charge is -2.08. The molecule has 0 atom stereocenters. The van der Waals surface area contributed by atoms with Gasteiger partial charge in [0.2, 0.25) is 11.8 Å². The lowest BCUT2D eigenvalue weighted by atomic mass is 10.1. The van der Waals surface area contributed by atoms with E-state index in [4.69, 9.17) is 11.6 Å². The van der Waals surface area contributed by atoms with Crippen LogP contribution in [0.25, 0.3) is 0 Å². The van der Waals surface area contributed by atoms with E-state index in [-0.39, 0.29) is 35.4 Å². The molecule has 0 spiro atoms. The van der Waals surface area contributed by atoms with Crippen LogP contribution in [0.3, 0.4) is 0 Å². The van der Waals surface area contributed by atoms with Gasteiger partial charge in [0.15, 0.2) is 0 Å². The zero-order chi connectivity index (χ0) is 19.1. The number of pyridine rings is 1. The van der Waals surface area contributed by atoms with Crippen molar-refractivity contribution in [3.63, 3.8) is 0 Å². The van der Waals surface area contributed by atoms with E-state index in [1.165, 1.54) is 11.8 Å². The molecule has 1 aromatic carbocycles. The number of anilines is 1. The molecule has 0 aliphatic heterocycles. The number of halogens is 1. The Kier molecular flexibility index (Phi) is 7.29. The smallest absolute Gasteiger partial charge is 0.253 e. The summed E-state index contributed by atoms with van der Waals surface area (Å²) in [5.74, 6) is -0.138. The van der Waals surface area contributed by atoms with Crippen LogP contribution in [-0.4, -0.2) is 28.3 Å². The first-order valence-electron chi connectivity index (χ1n) is 7.94. The number of amides is 2. The lowest BCUT2D eigenvalue weighted by Crippen LogP contribution is -2.29. The molecule has 0 saturated heterocycles. The highest BCUT2D eigenvalue weighted by Crippen LogP contribution is 2.13. The van der Waals surface area contributed by atoms with Crippen molar-refractivity contribution in [2.24, 2.45) is 0 Å². The van der Waals surface area contributed by atoms with Crippen molar-refractivity contribution < 1.29 is 9.59 Å². The second-order valence-corrected chi connectivity index (χ2v) is 7.19. The van der Waals surface area contributed by atoms with E-state index >= 15 is 0 Å². The second kappa shape index (κ2) is 9.45. The van der Waals surface area contributed by atoms with Crippen molar-refractivity contribution in [3.8, 4) is 0 Å². The van der Waals surface area contributed by atoms with Crippen LogP contribution in [0.15, 0.2) is 35.1 Å². The van der Waals surface area contributed by atoms with Gasteiger partial charge in [0.05, 0.1) is 11.5 Å². The molecule has 1 heterocycles. The lowest BCUT2D eigenvalue weighted by molar-refractivity contribution is -0.118. The van der Waals surface area contributed by atoms with Gasteiger partial charge in [-0.1, -0.05) is 11.6 Å². The predicted molar refractivity (Wildman–Crippen MR) is 106 cm³/mol. The summed E-state index contributed by atoms with van der Waals surface area (Å²) < 4.78 is 0. The Labute approximate surface area is 160 Å². The molecule has 3 N–H and O–H groups in total. The van der Waals surface area contributed by atoms with E-state index in [1.54, 1.807) is 24.3 Å². The third kappa shape index (κ3) is 6.24. The zero-order valence-corrected chi connectivity index (χ0v) is 16.1. The molecule has 1 aromatic heterocycles. The Morgan fingerprint density at radius 3 is 2.42 bits per heavy atom. The summed E-state index contributed by atoms with van der Waals surface area (Å²) in [6.45, 7) is 3.81. The van der Waals surface area contributed by atoms with Crippen LogP contribution < -0.4 is 16.2 Å². The van der Waals surface area contributed by atoms with Crippen LogP contribution >= 0.6 is 23.4 Å². The van der Waals surface area contributed by atoms with Gasteiger partial charge >= 0.3 is 0 Å². The normalized spacial score (nSPS) is 10.4. The summed E-state index contributed by atoms with van der Waals surface area (Å²) in [5.41, 5.74) is 2.61. The minimum atomic E-state index is -0.228. The highest BCUT2D eigenvalue weighted by molar-refractivity contribution is 8.00. The number of rotatable bonds is 7. The van der Waals surface area contributed by atoms with Gasteiger partial charge < -0.3 is 15.6 Å². The van der Waals surface area contributed by atoms with Gasteiger partial charge in [-0.2, -0.15) is 0 Å². The van der Waals surface area contributed by atoms with Crippen LogP contribution in [-0.2, 0) is 16.1 Å². The Balaban J connectivity index is 1.73. The summed E-state index contributed by atoms with van der Waals surface area (Å²) in [6.07, 6.45) is 0. The zero-order valence-electron chi connectivity index (χ0n) is 14.5. The van der Waals surface area contributed by atoms with Crippen molar-refractivity contribution in [1.29, 1.82) is 0 Å². The number of carbonyl (C=O) groups is 2. The number of H-pyrrole nitrogens is 1. The monoisotopic (exact) mass is 393 g/mol. The molecule has 138 valence electrons. The summed E-state index contributed by atoms with van der Waals surface area (Å²) in [7, 11) is 0. The fraction of sp³-hybridized carbons (Fsp3) is 0.278. The SMILES string of the molecule is Cc1cc(C)c(CNC(=O)CSCC(=O)Nc2ccc(Cl)cc2)c(=O)[nH]1. The molecule has 6 nitrogen and oxygen atoms in total. The molecule has 0 aliphatic carbocycles. The maximum atomic E-state index is 11.9. The number of benzene rings is 1. The first kappa shape index (κ1) is 20.1. The standard InChI is InChI=1S/C18H20ClN3O3S/c1-11-7-12(2)21-18(25)15(11)8-20-16(23)9-26-10-17(24)22-14-5-3-13(19)4-6-14/h3-7H,8-10H2,1-2H3,(H,20,23)(H,21,25)(H,22,24). The second-order valence-electron chi connectivity index (χ2n) is 5.77. The summed E-state index contributed by atoms with van der Waals surface area (Å²) in [6, 6.07) is 8.65. The topological polar surface area (TPSA) is 91.1 Å². The molecule has 26 heavy (non-hydrogen) atoms. The molecule has 0 aliphatic rings. The molecule has 2 aromatic rings. The number of nitrogens with one attached hydrogen (secondary N) is 3. The van der Waals surface area contributed by atoms with Crippen molar-refractivity contribution in [3.05, 3.63) is 62.5 Å². The molecule has 2 rings (SSSR count). The number of hydrogen-bond acceptors (Lipinski definition) is 4. The quantitative estimate of drug-likeness (QED) is 0.674. The minimum absolute atomic E-state index is 0.136. The summed E-state index contributed by atoms with van der Waals surface area (Å²) in [5, 5.41) is 6.02.